The van der Waals surface area contributed by atoms with E-state index in [4.69, 9.17) is 0 Å². The predicted molar refractivity (Wildman–Crippen MR) is 80.5 cm³/mol. The molecule has 0 atom stereocenters. The lowest BCUT2D eigenvalue weighted by Crippen LogP contribution is -2.21. The molecule has 5 nitrogen and oxygen atoms in total. The van der Waals surface area contributed by atoms with Crippen LogP contribution in [0.4, 0.5) is 0 Å². The molecule has 0 aliphatic rings. The second-order valence-corrected chi connectivity index (χ2v) is 6.30. The Balaban J connectivity index is 1.90. The minimum absolute atomic E-state index is 0.0836. The maximum Gasteiger partial charge on any atom is 0.0722 e. The average molecular weight is 275 g/mol. The van der Waals surface area contributed by atoms with Crippen LogP contribution in [0, 0.1) is 0 Å². The second-order valence-electron chi connectivity index (χ2n) is 6.30. The van der Waals surface area contributed by atoms with E-state index in [-0.39, 0.29) is 5.41 Å². The van der Waals surface area contributed by atoms with Gasteiger partial charge in [0.1, 0.15) is 0 Å². The summed E-state index contributed by atoms with van der Waals surface area (Å²) in [4.78, 5) is 0. The molecule has 0 amide bonds. The van der Waals surface area contributed by atoms with Crippen molar-refractivity contribution < 1.29 is 0 Å². The predicted octanol–water partition coefficient (Wildman–Crippen LogP) is 1.78. The van der Waals surface area contributed by atoms with Gasteiger partial charge in [0.15, 0.2) is 0 Å². The summed E-state index contributed by atoms with van der Waals surface area (Å²) in [5.74, 6) is 0. The Labute approximate surface area is 121 Å². The lowest BCUT2D eigenvalue weighted by Gasteiger charge is -2.17. The largest absolute Gasteiger partial charge is 0.312 e. The summed E-state index contributed by atoms with van der Waals surface area (Å²) in [5.41, 5.74) is 3.79. The van der Waals surface area contributed by atoms with Crippen LogP contribution in [0.3, 0.4) is 0 Å². The van der Waals surface area contributed by atoms with Crippen molar-refractivity contribution in [1.82, 2.24) is 24.9 Å². The third-order valence-electron chi connectivity index (χ3n) is 3.41. The first-order valence-electron chi connectivity index (χ1n) is 7.08. The van der Waals surface area contributed by atoms with Crippen LogP contribution in [-0.4, -0.2) is 26.1 Å². The first-order valence-corrected chi connectivity index (χ1v) is 7.08. The van der Waals surface area contributed by atoms with E-state index in [0.29, 0.717) is 0 Å². The van der Waals surface area contributed by atoms with Gasteiger partial charge in [-0.3, -0.25) is 9.36 Å². The number of aromatic nitrogens is 4. The molecule has 2 rings (SSSR count). The quantitative estimate of drug-likeness (QED) is 0.846. The van der Waals surface area contributed by atoms with Gasteiger partial charge < -0.3 is 5.32 Å². The van der Waals surface area contributed by atoms with Gasteiger partial charge in [0.2, 0.25) is 0 Å². The molecular formula is C15H25N5. The van der Waals surface area contributed by atoms with Crippen molar-refractivity contribution in [3.63, 3.8) is 0 Å². The standard InChI is InChI=1S/C15H25N5/c1-15(2,3)14-12(11-19(4)18-14)10-16-8-6-13-7-9-17-20(13)5/h7,9,11,16H,6,8,10H2,1-5H3. The zero-order chi connectivity index (χ0) is 14.8. The molecule has 0 bridgehead atoms. The normalized spacial score (nSPS) is 12.1. The fraction of sp³-hybridized carbons (Fsp3) is 0.600. The fourth-order valence-electron chi connectivity index (χ4n) is 2.38. The summed E-state index contributed by atoms with van der Waals surface area (Å²) in [6.45, 7) is 8.41. The monoisotopic (exact) mass is 275 g/mol. The number of rotatable bonds is 5. The van der Waals surface area contributed by atoms with Crippen LogP contribution in [0.1, 0.15) is 37.7 Å². The Bertz CT molecular complexity index is 559. The van der Waals surface area contributed by atoms with Crippen molar-refractivity contribution in [2.24, 2.45) is 14.1 Å². The third-order valence-corrected chi connectivity index (χ3v) is 3.41. The molecule has 0 aliphatic carbocycles. The molecule has 5 heteroatoms. The number of nitrogens with zero attached hydrogens (tertiary/aromatic N) is 4. The van der Waals surface area contributed by atoms with Crippen LogP contribution in [0.25, 0.3) is 0 Å². The van der Waals surface area contributed by atoms with Crippen molar-refractivity contribution >= 4 is 0 Å². The minimum Gasteiger partial charge on any atom is -0.312 e. The van der Waals surface area contributed by atoms with Crippen molar-refractivity contribution in [2.75, 3.05) is 6.54 Å². The first-order chi connectivity index (χ1) is 9.38. The summed E-state index contributed by atoms with van der Waals surface area (Å²) in [5, 5.41) is 12.3. The first kappa shape index (κ1) is 14.8. The molecule has 0 saturated heterocycles. The van der Waals surface area contributed by atoms with E-state index in [2.05, 4.69) is 48.5 Å². The van der Waals surface area contributed by atoms with E-state index >= 15 is 0 Å². The molecule has 0 spiro atoms. The number of hydrogen-bond acceptors (Lipinski definition) is 3. The Morgan fingerprint density at radius 2 is 2.00 bits per heavy atom. The van der Waals surface area contributed by atoms with Gasteiger partial charge in [-0.2, -0.15) is 10.2 Å². The molecule has 0 aliphatic heterocycles. The number of aryl methyl sites for hydroxylation is 2. The third kappa shape index (κ3) is 3.48. The molecule has 1 N–H and O–H groups in total. The van der Waals surface area contributed by atoms with Crippen LogP contribution in [-0.2, 0) is 32.5 Å². The van der Waals surface area contributed by atoms with Gasteiger partial charge in [0.25, 0.3) is 0 Å². The van der Waals surface area contributed by atoms with E-state index in [1.807, 2.05) is 29.7 Å². The maximum absolute atomic E-state index is 4.59. The van der Waals surface area contributed by atoms with Gasteiger partial charge in [-0.15, -0.1) is 0 Å². The molecular weight excluding hydrogens is 250 g/mol. The van der Waals surface area contributed by atoms with E-state index in [9.17, 15) is 0 Å². The highest BCUT2D eigenvalue weighted by Crippen LogP contribution is 2.23. The highest BCUT2D eigenvalue weighted by molar-refractivity contribution is 5.23. The molecule has 0 unspecified atom stereocenters. The second kappa shape index (κ2) is 5.79. The van der Waals surface area contributed by atoms with Crippen molar-refractivity contribution in [3.05, 3.63) is 35.4 Å². The molecule has 2 aromatic rings. The molecule has 110 valence electrons. The summed E-state index contributed by atoms with van der Waals surface area (Å²) < 4.78 is 3.82. The van der Waals surface area contributed by atoms with Crippen LogP contribution < -0.4 is 5.32 Å². The van der Waals surface area contributed by atoms with Crippen LogP contribution in [0.5, 0.6) is 0 Å². The summed E-state index contributed by atoms with van der Waals surface area (Å²) in [7, 11) is 3.96. The SMILES string of the molecule is Cn1cc(CNCCc2ccnn2C)c(C(C)(C)C)n1. The van der Waals surface area contributed by atoms with Gasteiger partial charge in [0.05, 0.1) is 5.69 Å². The molecule has 0 radical (unpaired) electrons. The number of hydrogen-bond donors (Lipinski definition) is 1. The van der Waals surface area contributed by atoms with Gasteiger partial charge in [-0.05, 0) is 6.07 Å². The topological polar surface area (TPSA) is 47.7 Å². The van der Waals surface area contributed by atoms with E-state index in [1.165, 1.54) is 17.0 Å². The highest BCUT2D eigenvalue weighted by atomic mass is 15.3. The maximum atomic E-state index is 4.59. The Hall–Kier alpha value is -1.62. The summed E-state index contributed by atoms with van der Waals surface area (Å²) in [6.07, 6.45) is 4.94. The highest BCUT2D eigenvalue weighted by Gasteiger charge is 2.21. The van der Waals surface area contributed by atoms with Crippen LogP contribution in [0.15, 0.2) is 18.5 Å². The average Bonchev–Trinajstić information content (AvgIpc) is 2.91. The lowest BCUT2D eigenvalue weighted by atomic mass is 9.89. The van der Waals surface area contributed by atoms with Gasteiger partial charge in [-0.1, -0.05) is 20.8 Å². The molecule has 20 heavy (non-hydrogen) atoms. The molecule has 2 heterocycles. The molecule has 2 aromatic heterocycles. The van der Waals surface area contributed by atoms with Crippen molar-refractivity contribution in [1.29, 1.82) is 0 Å². The van der Waals surface area contributed by atoms with Crippen molar-refractivity contribution in [3.8, 4) is 0 Å². The Morgan fingerprint density at radius 1 is 1.25 bits per heavy atom. The van der Waals surface area contributed by atoms with E-state index in [1.54, 1.807) is 0 Å². The zero-order valence-electron chi connectivity index (χ0n) is 13.1. The summed E-state index contributed by atoms with van der Waals surface area (Å²) >= 11 is 0. The van der Waals surface area contributed by atoms with Crippen molar-refractivity contribution in [2.45, 2.75) is 39.2 Å². The fourth-order valence-corrected chi connectivity index (χ4v) is 2.38. The summed E-state index contributed by atoms with van der Waals surface area (Å²) in [6, 6.07) is 2.06. The van der Waals surface area contributed by atoms with Gasteiger partial charge in [0, 0.05) is 62.7 Å². The molecule has 0 fully saturated rings. The van der Waals surface area contributed by atoms with Crippen LogP contribution >= 0.6 is 0 Å². The zero-order valence-corrected chi connectivity index (χ0v) is 13.1. The van der Waals surface area contributed by atoms with E-state index in [0.717, 1.165) is 19.5 Å². The van der Waals surface area contributed by atoms with Crippen LogP contribution in [0.2, 0.25) is 0 Å². The molecule has 0 aromatic carbocycles. The number of nitrogens with one attached hydrogen (secondary N) is 1. The minimum atomic E-state index is 0.0836. The Morgan fingerprint density at radius 3 is 2.60 bits per heavy atom. The Kier molecular flexibility index (Phi) is 4.28. The molecule has 0 saturated carbocycles. The van der Waals surface area contributed by atoms with Gasteiger partial charge in [-0.25, -0.2) is 0 Å². The smallest absolute Gasteiger partial charge is 0.0722 e. The lowest BCUT2D eigenvalue weighted by molar-refractivity contribution is 0.543. The van der Waals surface area contributed by atoms with Gasteiger partial charge >= 0.3 is 0 Å². The van der Waals surface area contributed by atoms with E-state index < -0.39 is 0 Å².